The Balaban J connectivity index is 1.52. The Labute approximate surface area is 170 Å². The Morgan fingerprint density at radius 1 is 1.21 bits per heavy atom. The van der Waals surface area contributed by atoms with Gasteiger partial charge in [-0.2, -0.15) is 0 Å². The molecule has 5 aliphatic heterocycles. The number of carbonyl (C=O) groups excluding carboxylic acids is 1. The Kier molecular flexibility index (Phi) is 3.08. The van der Waals surface area contributed by atoms with Crippen LogP contribution in [0.4, 0.5) is 5.69 Å². The van der Waals surface area contributed by atoms with Crippen molar-refractivity contribution in [1.29, 1.82) is 0 Å². The van der Waals surface area contributed by atoms with E-state index in [0.29, 0.717) is 36.7 Å². The van der Waals surface area contributed by atoms with Crippen molar-refractivity contribution < 1.29 is 19.0 Å². The SMILES string of the molecule is COc1cc2c(cc1OC)[C@@]13CCN4CC5=CCO[C@H]6CC(=O)N2[C@@H]1[C@H]6[C@H]5C[C@H]43. The second kappa shape index (κ2) is 5.35. The molecule has 5 heterocycles. The van der Waals surface area contributed by atoms with Crippen molar-refractivity contribution in [2.24, 2.45) is 11.8 Å². The number of carbonyl (C=O) groups is 1. The summed E-state index contributed by atoms with van der Waals surface area (Å²) in [6, 6.07) is 4.87. The molecule has 1 aliphatic carbocycles. The summed E-state index contributed by atoms with van der Waals surface area (Å²) in [5.74, 6) is 2.57. The molecule has 4 fully saturated rings. The zero-order valence-corrected chi connectivity index (χ0v) is 16.9. The molecule has 29 heavy (non-hydrogen) atoms. The van der Waals surface area contributed by atoms with Crippen LogP contribution in [0.15, 0.2) is 23.8 Å². The first-order valence-electron chi connectivity index (χ1n) is 10.8. The van der Waals surface area contributed by atoms with Gasteiger partial charge in [-0.25, -0.2) is 0 Å². The number of piperidine rings is 2. The number of hydrogen-bond acceptors (Lipinski definition) is 5. The Morgan fingerprint density at radius 2 is 2.03 bits per heavy atom. The van der Waals surface area contributed by atoms with Gasteiger partial charge in [0.05, 0.1) is 45.1 Å². The second-order valence-electron chi connectivity index (χ2n) is 9.48. The van der Waals surface area contributed by atoms with Crippen molar-refractivity contribution in [2.75, 3.05) is 38.8 Å². The molecule has 0 unspecified atom stereocenters. The highest BCUT2D eigenvalue weighted by Crippen LogP contribution is 2.66. The molecule has 6 atom stereocenters. The zero-order valence-electron chi connectivity index (χ0n) is 16.9. The highest BCUT2D eigenvalue weighted by Gasteiger charge is 2.71. The van der Waals surface area contributed by atoms with Crippen LogP contribution in [0.25, 0.3) is 0 Å². The third kappa shape index (κ3) is 1.76. The van der Waals surface area contributed by atoms with E-state index in [-0.39, 0.29) is 23.5 Å². The summed E-state index contributed by atoms with van der Waals surface area (Å²) in [7, 11) is 3.36. The standard InChI is InChI=1S/C23H26N2O4/c1-27-16-8-14-15(9-17(16)28-2)25-20(26)10-18-21-13-7-19-23(14,22(21)25)4-5-24(19)11-12(13)3-6-29-18/h3,8-9,13,18-19,21-22H,4-7,10-11H2,1-2H3/t13-,18-,19-,21-,22+,23+/m0/s1. The van der Waals surface area contributed by atoms with Crippen LogP contribution in [-0.2, 0) is 14.9 Å². The maximum Gasteiger partial charge on any atom is 0.229 e. The lowest BCUT2D eigenvalue weighted by Gasteiger charge is -2.58. The first-order chi connectivity index (χ1) is 14.2. The fraction of sp³-hybridized carbons (Fsp3) is 0.609. The van der Waals surface area contributed by atoms with E-state index in [4.69, 9.17) is 14.2 Å². The summed E-state index contributed by atoms with van der Waals surface area (Å²) >= 11 is 0. The molecule has 1 amide bonds. The lowest BCUT2D eigenvalue weighted by atomic mass is 9.53. The first kappa shape index (κ1) is 16.7. The van der Waals surface area contributed by atoms with Crippen molar-refractivity contribution in [3.05, 3.63) is 29.3 Å². The highest BCUT2D eigenvalue weighted by atomic mass is 16.5. The number of ether oxygens (including phenoxy) is 3. The Morgan fingerprint density at radius 3 is 2.86 bits per heavy atom. The summed E-state index contributed by atoms with van der Waals surface area (Å²) in [6.45, 7) is 2.80. The minimum atomic E-state index is -0.0242. The predicted molar refractivity (Wildman–Crippen MR) is 107 cm³/mol. The number of methoxy groups -OCH3 is 2. The number of rotatable bonds is 2. The third-order valence-electron chi connectivity index (χ3n) is 8.81. The molecule has 3 saturated heterocycles. The Hall–Kier alpha value is -2.05. The van der Waals surface area contributed by atoms with E-state index in [1.807, 2.05) is 6.07 Å². The van der Waals surface area contributed by atoms with Crippen molar-refractivity contribution in [3.63, 3.8) is 0 Å². The van der Waals surface area contributed by atoms with Gasteiger partial charge in [0, 0.05) is 30.0 Å². The zero-order chi connectivity index (χ0) is 19.5. The van der Waals surface area contributed by atoms with Crippen LogP contribution in [-0.4, -0.2) is 62.9 Å². The molecule has 1 aromatic rings. The average molecular weight is 394 g/mol. The average Bonchev–Trinajstić information content (AvgIpc) is 3.20. The van der Waals surface area contributed by atoms with Gasteiger partial charge in [0.1, 0.15) is 0 Å². The van der Waals surface area contributed by atoms with E-state index in [1.54, 1.807) is 19.8 Å². The molecule has 1 saturated carbocycles. The number of fused-ring (bicyclic) bond motifs is 2. The van der Waals surface area contributed by atoms with E-state index < -0.39 is 0 Å². The van der Waals surface area contributed by atoms with Crippen molar-refractivity contribution >= 4 is 11.6 Å². The molecule has 6 aliphatic rings. The van der Waals surface area contributed by atoms with Gasteiger partial charge in [-0.15, -0.1) is 0 Å². The van der Waals surface area contributed by atoms with Gasteiger partial charge in [-0.3, -0.25) is 9.69 Å². The van der Waals surface area contributed by atoms with E-state index >= 15 is 0 Å². The molecule has 2 bridgehead atoms. The molecular weight excluding hydrogens is 368 g/mol. The maximum atomic E-state index is 13.5. The van der Waals surface area contributed by atoms with E-state index in [9.17, 15) is 4.79 Å². The predicted octanol–water partition coefficient (Wildman–Crippen LogP) is 2.11. The normalized spacial score (nSPS) is 41.0. The van der Waals surface area contributed by atoms with Crippen molar-refractivity contribution in [3.8, 4) is 11.5 Å². The summed E-state index contributed by atoms with van der Waals surface area (Å²) in [5.41, 5.74) is 3.85. The first-order valence-corrected chi connectivity index (χ1v) is 10.8. The van der Waals surface area contributed by atoms with E-state index in [1.165, 1.54) is 12.0 Å². The summed E-state index contributed by atoms with van der Waals surface area (Å²) < 4.78 is 17.6. The molecular formula is C23H26N2O4. The maximum absolute atomic E-state index is 13.5. The van der Waals surface area contributed by atoms with Crippen LogP contribution >= 0.6 is 0 Å². The molecule has 6 nitrogen and oxygen atoms in total. The number of amides is 1. The minimum absolute atomic E-state index is 0.0242. The monoisotopic (exact) mass is 394 g/mol. The summed E-state index contributed by atoms with van der Waals surface area (Å²) in [5, 5.41) is 0. The van der Waals surface area contributed by atoms with Crippen LogP contribution in [0.5, 0.6) is 11.5 Å². The fourth-order valence-electron chi connectivity index (χ4n) is 7.87. The van der Waals surface area contributed by atoms with Crippen LogP contribution in [0.2, 0.25) is 0 Å². The topological polar surface area (TPSA) is 51.2 Å². The largest absolute Gasteiger partial charge is 0.493 e. The smallest absolute Gasteiger partial charge is 0.229 e. The fourth-order valence-corrected chi connectivity index (χ4v) is 7.87. The number of hydrogen-bond donors (Lipinski definition) is 0. The summed E-state index contributed by atoms with van der Waals surface area (Å²) in [6.07, 6.45) is 5.11. The lowest BCUT2D eigenvalue weighted by molar-refractivity contribution is -0.132. The molecule has 6 heteroatoms. The Bertz CT molecular complexity index is 974. The van der Waals surface area contributed by atoms with E-state index in [0.717, 1.165) is 30.9 Å². The minimum Gasteiger partial charge on any atom is -0.493 e. The van der Waals surface area contributed by atoms with Gasteiger partial charge >= 0.3 is 0 Å². The van der Waals surface area contributed by atoms with Gasteiger partial charge in [0.25, 0.3) is 0 Å². The number of benzene rings is 1. The van der Waals surface area contributed by atoms with E-state index in [2.05, 4.69) is 21.9 Å². The molecule has 1 spiro atoms. The molecule has 0 radical (unpaired) electrons. The molecule has 1 aromatic carbocycles. The quantitative estimate of drug-likeness (QED) is 0.719. The second-order valence-corrected chi connectivity index (χ2v) is 9.48. The molecule has 0 aromatic heterocycles. The number of nitrogens with zero attached hydrogens (tertiary/aromatic N) is 2. The summed E-state index contributed by atoms with van der Waals surface area (Å²) in [4.78, 5) is 18.3. The van der Waals surface area contributed by atoms with Crippen LogP contribution < -0.4 is 14.4 Å². The van der Waals surface area contributed by atoms with Gasteiger partial charge in [-0.05, 0) is 36.9 Å². The van der Waals surface area contributed by atoms with Crippen LogP contribution in [0.3, 0.4) is 0 Å². The van der Waals surface area contributed by atoms with Crippen molar-refractivity contribution in [1.82, 2.24) is 4.90 Å². The third-order valence-corrected chi connectivity index (χ3v) is 8.81. The molecule has 0 N–H and O–H groups in total. The van der Waals surface area contributed by atoms with Gasteiger partial charge in [0.15, 0.2) is 11.5 Å². The van der Waals surface area contributed by atoms with Crippen LogP contribution in [0, 0.1) is 11.8 Å². The van der Waals surface area contributed by atoms with Crippen molar-refractivity contribution in [2.45, 2.75) is 42.9 Å². The van der Waals surface area contributed by atoms with Crippen LogP contribution in [0.1, 0.15) is 24.8 Å². The number of anilines is 1. The van der Waals surface area contributed by atoms with Gasteiger partial charge in [0.2, 0.25) is 5.91 Å². The van der Waals surface area contributed by atoms with Gasteiger partial charge < -0.3 is 19.1 Å². The lowest BCUT2D eigenvalue weighted by Crippen LogP contribution is -2.69. The molecule has 7 rings (SSSR count). The van der Waals surface area contributed by atoms with Gasteiger partial charge in [-0.1, -0.05) is 11.6 Å². The highest BCUT2D eigenvalue weighted by molar-refractivity contribution is 5.99. The molecule has 152 valence electrons.